The molecule has 0 radical (unpaired) electrons. The zero-order chi connectivity index (χ0) is 20.5. The van der Waals surface area contributed by atoms with Gasteiger partial charge in [-0.25, -0.2) is 4.39 Å². The molecule has 2 aromatic carbocycles. The predicted octanol–water partition coefficient (Wildman–Crippen LogP) is 3.73. The first-order chi connectivity index (χ1) is 13.4. The van der Waals surface area contributed by atoms with Crippen molar-refractivity contribution in [1.82, 2.24) is 5.32 Å². The Morgan fingerprint density at radius 1 is 0.929 bits per heavy atom. The van der Waals surface area contributed by atoms with Gasteiger partial charge in [0.15, 0.2) is 0 Å². The van der Waals surface area contributed by atoms with Crippen molar-refractivity contribution in [3.63, 3.8) is 0 Å². The highest BCUT2D eigenvalue weighted by molar-refractivity contribution is 5.92. The van der Waals surface area contributed by atoms with Crippen molar-refractivity contribution in [3.05, 3.63) is 59.9 Å². The van der Waals surface area contributed by atoms with Crippen LogP contribution in [0.25, 0.3) is 0 Å². The molecular formula is C22H28FN3O2. The molecule has 0 aromatic heterocycles. The number of nitrogens with zero attached hydrogens (tertiary/aromatic N) is 2. The van der Waals surface area contributed by atoms with Gasteiger partial charge in [-0.1, -0.05) is 12.1 Å². The van der Waals surface area contributed by atoms with Crippen LogP contribution in [0.15, 0.2) is 48.5 Å². The molecule has 0 aliphatic rings. The number of rotatable bonds is 9. The van der Waals surface area contributed by atoms with Gasteiger partial charge in [-0.05, 0) is 55.8 Å². The van der Waals surface area contributed by atoms with Crippen molar-refractivity contribution in [1.29, 1.82) is 0 Å². The molecule has 1 N–H and O–H groups in total. The van der Waals surface area contributed by atoms with Gasteiger partial charge >= 0.3 is 0 Å². The highest BCUT2D eigenvalue weighted by atomic mass is 19.1. The van der Waals surface area contributed by atoms with Crippen molar-refractivity contribution < 1.29 is 14.0 Å². The van der Waals surface area contributed by atoms with Crippen molar-refractivity contribution in [2.45, 2.75) is 33.7 Å². The molecule has 2 aromatic rings. The van der Waals surface area contributed by atoms with Crippen LogP contribution in [0.2, 0.25) is 0 Å². The second kappa shape index (κ2) is 10.4. The van der Waals surface area contributed by atoms with E-state index >= 15 is 0 Å². The fourth-order valence-electron chi connectivity index (χ4n) is 3.01. The first kappa shape index (κ1) is 21.4. The Morgan fingerprint density at radius 3 is 2.04 bits per heavy atom. The van der Waals surface area contributed by atoms with Crippen LogP contribution in [0.3, 0.4) is 0 Å². The van der Waals surface area contributed by atoms with Gasteiger partial charge in [0.25, 0.3) is 0 Å². The summed E-state index contributed by atoms with van der Waals surface area (Å²) in [7, 11) is 0. The third-order valence-electron chi connectivity index (χ3n) is 4.64. The minimum absolute atomic E-state index is 0.109. The molecule has 0 saturated heterocycles. The Morgan fingerprint density at radius 2 is 1.50 bits per heavy atom. The monoisotopic (exact) mass is 385 g/mol. The lowest BCUT2D eigenvalue weighted by atomic mass is 10.2. The van der Waals surface area contributed by atoms with Crippen LogP contribution in [-0.4, -0.2) is 31.4 Å². The molecule has 0 fully saturated rings. The van der Waals surface area contributed by atoms with Gasteiger partial charge < -0.3 is 15.1 Å². The van der Waals surface area contributed by atoms with E-state index in [2.05, 4.69) is 24.1 Å². The van der Waals surface area contributed by atoms with Crippen LogP contribution in [0.5, 0.6) is 0 Å². The molecule has 0 heterocycles. The summed E-state index contributed by atoms with van der Waals surface area (Å²) in [5, 5.41) is 2.80. The maximum absolute atomic E-state index is 12.9. The minimum atomic E-state index is -0.306. The fourth-order valence-corrected chi connectivity index (χ4v) is 3.01. The van der Waals surface area contributed by atoms with Crippen LogP contribution in [0, 0.1) is 5.82 Å². The van der Waals surface area contributed by atoms with Crippen molar-refractivity contribution in [2.24, 2.45) is 0 Å². The second-order valence-corrected chi connectivity index (χ2v) is 6.51. The van der Waals surface area contributed by atoms with Crippen LogP contribution < -0.4 is 15.1 Å². The molecule has 0 unspecified atom stereocenters. The van der Waals surface area contributed by atoms with E-state index in [1.807, 2.05) is 24.3 Å². The SMILES string of the molecule is CCN(CC)c1ccc(N(CCC(=O)NCc2ccc(F)cc2)C(C)=O)cc1. The maximum Gasteiger partial charge on any atom is 0.223 e. The molecule has 0 atom stereocenters. The summed E-state index contributed by atoms with van der Waals surface area (Å²) in [6.45, 7) is 8.16. The van der Waals surface area contributed by atoms with Gasteiger partial charge in [0.1, 0.15) is 5.82 Å². The van der Waals surface area contributed by atoms with E-state index in [4.69, 9.17) is 0 Å². The molecule has 5 nitrogen and oxygen atoms in total. The molecule has 0 saturated carbocycles. The van der Waals surface area contributed by atoms with Crippen molar-refractivity contribution in [2.75, 3.05) is 29.4 Å². The third kappa shape index (κ3) is 6.08. The van der Waals surface area contributed by atoms with Crippen molar-refractivity contribution >= 4 is 23.2 Å². The summed E-state index contributed by atoms with van der Waals surface area (Å²) in [5.41, 5.74) is 2.70. The second-order valence-electron chi connectivity index (χ2n) is 6.51. The number of amides is 2. The Kier molecular flexibility index (Phi) is 7.99. The summed E-state index contributed by atoms with van der Waals surface area (Å²) in [4.78, 5) is 28.0. The van der Waals surface area contributed by atoms with Gasteiger partial charge in [0.2, 0.25) is 11.8 Å². The quantitative estimate of drug-likeness (QED) is 0.716. The summed E-state index contributed by atoms with van der Waals surface area (Å²) in [5.74, 6) is -0.573. The Bertz CT molecular complexity index is 771. The number of hydrogen-bond acceptors (Lipinski definition) is 3. The summed E-state index contributed by atoms with van der Waals surface area (Å²) in [6.07, 6.45) is 0.193. The molecule has 6 heteroatoms. The molecule has 0 bridgehead atoms. The van der Waals surface area contributed by atoms with E-state index in [1.165, 1.54) is 19.1 Å². The molecule has 2 rings (SSSR count). The molecular weight excluding hydrogens is 357 g/mol. The average molecular weight is 385 g/mol. The number of benzene rings is 2. The Labute approximate surface area is 166 Å². The third-order valence-corrected chi connectivity index (χ3v) is 4.64. The van der Waals surface area contributed by atoms with Crippen LogP contribution in [0.1, 0.15) is 32.8 Å². The highest BCUT2D eigenvalue weighted by Crippen LogP contribution is 2.21. The van der Waals surface area contributed by atoms with Crippen molar-refractivity contribution in [3.8, 4) is 0 Å². The molecule has 0 aliphatic carbocycles. The van der Waals surface area contributed by atoms with Gasteiger partial charge in [0, 0.05) is 50.9 Å². The molecule has 0 aliphatic heterocycles. The summed E-state index contributed by atoms with van der Waals surface area (Å²) in [6, 6.07) is 13.8. The smallest absolute Gasteiger partial charge is 0.223 e. The lowest BCUT2D eigenvalue weighted by Gasteiger charge is -2.24. The van der Waals surface area contributed by atoms with E-state index in [-0.39, 0.29) is 24.1 Å². The van der Waals surface area contributed by atoms with E-state index in [0.29, 0.717) is 13.1 Å². The van der Waals surface area contributed by atoms with Gasteiger partial charge in [0.05, 0.1) is 0 Å². The summed E-state index contributed by atoms with van der Waals surface area (Å²) < 4.78 is 12.9. The zero-order valence-electron chi connectivity index (χ0n) is 16.7. The molecule has 0 spiro atoms. The van der Waals surface area contributed by atoms with Crippen LogP contribution >= 0.6 is 0 Å². The van der Waals surface area contributed by atoms with E-state index in [1.54, 1.807) is 17.0 Å². The first-order valence-electron chi connectivity index (χ1n) is 9.58. The van der Waals surface area contributed by atoms with Crippen LogP contribution in [0.4, 0.5) is 15.8 Å². The molecule has 150 valence electrons. The number of nitrogens with one attached hydrogen (secondary N) is 1. The largest absolute Gasteiger partial charge is 0.372 e. The predicted molar refractivity (Wildman–Crippen MR) is 111 cm³/mol. The maximum atomic E-state index is 12.9. The zero-order valence-corrected chi connectivity index (χ0v) is 16.7. The van der Waals surface area contributed by atoms with Gasteiger partial charge in [-0.15, -0.1) is 0 Å². The molecule has 2 amide bonds. The lowest BCUT2D eigenvalue weighted by Crippen LogP contribution is -2.33. The lowest BCUT2D eigenvalue weighted by molar-refractivity contribution is -0.121. The van der Waals surface area contributed by atoms with E-state index in [9.17, 15) is 14.0 Å². The van der Waals surface area contributed by atoms with Gasteiger partial charge in [-0.2, -0.15) is 0 Å². The van der Waals surface area contributed by atoms with Gasteiger partial charge in [-0.3, -0.25) is 9.59 Å². The number of hydrogen-bond donors (Lipinski definition) is 1. The normalized spacial score (nSPS) is 10.4. The number of anilines is 2. The Balaban J connectivity index is 1.92. The molecule has 28 heavy (non-hydrogen) atoms. The summed E-state index contributed by atoms with van der Waals surface area (Å²) >= 11 is 0. The highest BCUT2D eigenvalue weighted by Gasteiger charge is 2.14. The first-order valence-corrected chi connectivity index (χ1v) is 9.58. The number of carbonyl (C=O) groups excluding carboxylic acids is 2. The standard InChI is InChI=1S/C22H28FN3O2/c1-4-25(5-2)20-10-12-21(13-11-20)26(17(3)27)15-14-22(28)24-16-18-6-8-19(23)9-7-18/h6-13H,4-5,14-16H2,1-3H3,(H,24,28). The average Bonchev–Trinajstić information content (AvgIpc) is 2.69. The Hall–Kier alpha value is -2.89. The van der Waals surface area contributed by atoms with E-state index in [0.717, 1.165) is 30.0 Å². The van der Waals surface area contributed by atoms with E-state index < -0.39 is 0 Å². The topological polar surface area (TPSA) is 52.6 Å². The minimum Gasteiger partial charge on any atom is -0.372 e. The fraction of sp³-hybridized carbons (Fsp3) is 0.364. The van der Waals surface area contributed by atoms with Crippen LogP contribution in [-0.2, 0) is 16.1 Å². The number of halogens is 1. The number of carbonyl (C=O) groups is 2.